The number of rotatable bonds is 4. The fraction of sp³-hybridized carbons (Fsp3) is 0.353. The molecule has 0 spiro atoms. The lowest BCUT2D eigenvalue weighted by Crippen LogP contribution is -2.34. The van der Waals surface area contributed by atoms with Gasteiger partial charge in [-0.05, 0) is 37.3 Å². The van der Waals surface area contributed by atoms with Crippen molar-refractivity contribution in [3.63, 3.8) is 0 Å². The van der Waals surface area contributed by atoms with Gasteiger partial charge in [-0.2, -0.15) is 0 Å². The molecule has 1 aromatic carbocycles. The smallest absolute Gasteiger partial charge is 0.213 e. The average Bonchev–Trinajstić information content (AvgIpc) is 2.44. The first-order chi connectivity index (χ1) is 9.74. The van der Waals surface area contributed by atoms with Crippen LogP contribution in [0.5, 0.6) is 5.88 Å². The van der Waals surface area contributed by atoms with Gasteiger partial charge in [0.05, 0.1) is 19.0 Å². The molecule has 0 amide bonds. The van der Waals surface area contributed by atoms with Crippen LogP contribution in [0.3, 0.4) is 0 Å². The van der Waals surface area contributed by atoms with Crippen molar-refractivity contribution < 1.29 is 4.74 Å². The minimum atomic E-state index is 0.552. The van der Waals surface area contributed by atoms with E-state index < -0.39 is 0 Å². The molecule has 1 N–H and O–H groups in total. The fourth-order valence-corrected chi connectivity index (χ4v) is 2.67. The lowest BCUT2D eigenvalue weighted by molar-refractivity contribution is 0.373. The van der Waals surface area contributed by atoms with Gasteiger partial charge in [0.2, 0.25) is 5.88 Å². The van der Waals surface area contributed by atoms with Crippen molar-refractivity contribution in [2.75, 3.05) is 12.4 Å². The molecule has 20 heavy (non-hydrogen) atoms. The zero-order valence-electron chi connectivity index (χ0n) is 12.0. The van der Waals surface area contributed by atoms with E-state index in [4.69, 9.17) is 4.74 Å². The molecule has 0 aliphatic heterocycles. The minimum absolute atomic E-state index is 0.552. The Morgan fingerprint density at radius 1 is 1.10 bits per heavy atom. The maximum Gasteiger partial charge on any atom is 0.213 e. The van der Waals surface area contributed by atoms with Crippen molar-refractivity contribution in [1.82, 2.24) is 4.98 Å². The van der Waals surface area contributed by atoms with Crippen LogP contribution in [0.25, 0.3) is 0 Å². The Bertz CT molecular complexity index is 557. The van der Waals surface area contributed by atoms with Crippen LogP contribution in [-0.4, -0.2) is 18.1 Å². The first-order valence-corrected chi connectivity index (χ1v) is 7.08. The molecule has 104 valence electrons. The number of aryl methyl sites for hydroxylation is 1. The predicted molar refractivity (Wildman–Crippen MR) is 81.4 cm³/mol. The average molecular weight is 268 g/mol. The van der Waals surface area contributed by atoms with Gasteiger partial charge in [0.15, 0.2) is 0 Å². The second kappa shape index (κ2) is 5.53. The van der Waals surface area contributed by atoms with Gasteiger partial charge in [-0.25, -0.2) is 4.98 Å². The summed E-state index contributed by atoms with van der Waals surface area (Å²) < 4.78 is 5.06. The molecule has 0 radical (unpaired) electrons. The van der Waals surface area contributed by atoms with E-state index in [9.17, 15) is 0 Å². The van der Waals surface area contributed by atoms with E-state index >= 15 is 0 Å². The van der Waals surface area contributed by atoms with Gasteiger partial charge in [-0.15, -0.1) is 0 Å². The monoisotopic (exact) mass is 268 g/mol. The zero-order chi connectivity index (χ0) is 13.9. The van der Waals surface area contributed by atoms with Gasteiger partial charge in [0.1, 0.15) is 0 Å². The standard InChI is InChI=1S/C17H20N2O/c1-12-3-5-13(6-4-12)14-9-16(10-14)19-15-7-8-17(20-2)18-11-15/h3-8,11,14,16,19H,9-10H2,1-2H3. The summed E-state index contributed by atoms with van der Waals surface area (Å²) in [6.07, 6.45) is 4.21. The number of benzene rings is 1. The van der Waals surface area contributed by atoms with Crippen molar-refractivity contribution in [2.45, 2.75) is 31.7 Å². The predicted octanol–water partition coefficient (Wildman–Crippen LogP) is 3.76. The van der Waals surface area contributed by atoms with Gasteiger partial charge >= 0.3 is 0 Å². The Morgan fingerprint density at radius 3 is 2.45 bits per heavy atom. The first-order valence-electron chi connectivity index (χ1n) is 7.08. The molecule has 0 unspecified atom stereocenters. The number of anilines is 1. The van der Waals surface area contributed by atoms with Crippen LogP contribution >= 0.6 is 0 Å². The third-order valence-corrected chi connectivity index (χ3v) is 4.00. The van der Waals surface area contributed by atoms with Crippen LogP contribution in [-0.2, 0) is 0 Å². The summed E-state index contributed by atoms with van der Waals surface area (Å²) in [6.45, 7) is 2.13. The van der Waals surface area contributed by atoms with Crippen molar-refractivity contribution >= 4 is 5.69 Å². The van der Waals surface area contributed by atoms with E-state index in [1.54, 1.807) is 7.11 Å². The van der Waals surface area contributed by atoms with Crippen LogP contribution in [0.15, 0.2) is 42.6 Å². The number of hydrogen-bond acceptors (Lipinski definition) is 3. The SMILES string of the molecule is COc1ccc(NC2CC(c3ccc(C)cc3)C2)cn1. The van der Waals surface area contributed by atoms with Crippen LogP contribution in [0.1, 0.15) is 29.9 Å². The summed E-state index contributed by atoms with van der Waals surface area (Å²) in [5.74, 6) is 1.35. The number of hydrogen-bond donors (Lipinski definition) is 1. The van der Waals surface area contributed by atoms with E-state index in [1.165, 1.54) is 24.0 Å². The molecule has 3 nitrogen and oxygen atoms in total. The molecule has 1 heterocycles. The van der Waals surface area contributed by atoms with E-state index in [0.717, 1.165) is 5.69 Å². The normalized spacial score (nSPS) is 21.1. The van der Waals surface area contributed by atoms with Crippen LogP contribution in [0, 0.1) is 6.92 Å². The zero-order valence-corrected chi connectivity index (χ0v) is 12.0. The first kappa shape index (κ1) is 13.0. The summed E-state index contributed by atoms with van der Waals surface area (Å²) in [7, 11) is 1.63. The highest BCUT2D eigenvalue weighted by Gasteiger charge is 2.30. The number of nitrogens with one attached hydrogen (secondary N) is 1. The van der Waals surface area contributed by atoms with Gasteiger partial charge in [-0.3, -0.25) is 0 Å². The number of nitrogens with zero attached hydrogens (tertiary/aromatic N) is 1. The molecule has 3 rings (SSSR count). The summed E-state index contributed by atoms with van der Waals surface area (Å²) in [6, 6.07) is 13.4. The Labute approximate surface area is 120 Å². The van der Waals surface area contributed by atoms with E-state index in [1.807, 2.05) is 18.3 Å². The number of pyridine rings is 1. The maximum absolute atomic E-state index is 5.06. The van der Waals surface area contributed by atoms with Crippen LogP contribution < -0.4 is 10.1 Å². The fourth-order valence-electron chi connectivity index (χ4n) is 2.67. The molecule has 0 saturated heterocycles. The quantitative estimate of drug-likeness (QED) is 0.916. The summed E-state index contributed by atoms with van der Waals surface area (Å²) in [5, 5.41) is 3.52. The topological polar surface area (TPSA) is 34.1 Å². The molecule has 1 aromatic heterocycles. The minimum Gasteiger partial charge on any atom is -0.481 e. The molecule has 1 aliphatic carbocycles. The lowest BCUT2D eigenvalue weighted by Gasteiger charge is -2.36. The summed E-state index contributed by atoms with van der Waals surface area (Å²) in [4.78, 5) is 4.21. The molecule has 1 fully saturated rings. The van der Waals surface area contributed by atoms with E-state index in [0.29, 0.717) is 17.8 Å². The highest BCUT2D eigenvalue weighted by molar-refractivity contribution is 5.44. The van der Waals surface area contributed by atoms with Gasteiger partial charge < -0.3 is 10.1 Å². The Balaban J connectivity index is 1.53. The molecule has 2 aromatic rings. The van der Waals surface area contributed by atoms with Crippen molar-refractivity contribution in [3.8, 4) is 5.88 Å². The Kier molecular flexibility index (Phi) is 3.59. The molecule has 0 atom stereocenters. The molecular weight excluding hydrogens is 248 g/mol. The third kappa shape index (κ3) is 2.77. The highest BCUT2D eigenvalue weighted by Crippen LogP contribution is 2.38. The second-order valence-electron chi connectivity index (χ2n) is 5.51. The third-order valence-electron chi connectivity index (χ3n) is 4.00. The maximum atomic E-state index is 5.06. The van der Waals surface area contributed by atoms with Crippen LogP contribution in [0.2, 0.25) is 0 Å². The molecule has 0 bridgehead atoms. The molecule has 1 aliphatic rings. The Hall–Kier alpha value is -2.03. The van der Waals surface area contributed by atoms with E-state index in [2.05, 4.69) is 41.5 Å². The van der Waals surface area contributed by atoms with Gasteiger partial charge in [-0.1, -0.05) is 29.8 Å². The summed E-state index contributed by atoms with van der Waals surface area (Å²) in [5.41, 5.74) is 3.85. The number of methoxy groups -OCH3 is 1. The Morgan fingerprint density at radius 2 is 1.85 bits per heavy atom. The second-order valence-corrected chi connectivity index (χ2v) is 5.51. The number of ether oxygens (including phenoxy) is 1. The molecule has 3 heteroatoms. The van der Waals surface area contributed by atoms with Crippen molar-refractivity contribution in [1.29, 1.82) is 0 Å². The van der Waals surface area contributed by atoms with Crippen LogP contribution in [0.4, 0.5) is 5.69 Å². The highest BCUT2D eigenvalue weighted by atomic mass is 16.5. The van der Waals surface area contributed by atoms with Gasteiger partial charge in [0.25, 0.3) is 0 Å². The summed E-state index contributed by atoms with van der Waals surface area (Å²) >= 11 is 0. The molecular formula is C17H20N2O. The number of aromatic nitrogens is 1. The van der Waals surface area contributed by atoms with Crippen molar-refractivity contribution in [3.05, 3.63) is 53.7 Å². The van der Waals surface area contributed by atoms with Gasteiger partial charge in [0, 0.05) is 12.1 Å². The van der Waals surface area contributed by atoms with Crippen molar-refractivity contribution in [2.24, 2.45) is 0 Å². The lowest BCUT2D eigenvalue weighted by atomic mass is 9.75. The van der Waals surface area contributed by atoms with E-state index in [-0.39, 0.29) is 0 Å². The largest absolute Gasteiger partial charge is 0.481 e. The molecule has 1 saturated carbocycles.